The molecular weight excluding hydrogens is 400 g/mol. The molecule has 1 amide bonds. The Balaban J connectivity index is 1.54. The van der Waals surface area contributed by atoms with E-state index in [0.29, 0.717) is 11.1 Å². The summed E-state index contributed by atoms with van der Waals surface area (Å²) in [6.45, 7) is 5.91. The van der Waals surface area contributed by atoms with Crippen molar-refractivity contribution in [3.8, 4) is 0 Å². The molecule has 3 heterocycles. The Morgan fingerprint density at radius 2 is 2.00 bits per heavy atom. The van der Waals surface area contributed by atoms with Crippen molar-refractivity contribution in [1.29, 1.82) is 0 Å². The number of aromatic nitrogens is 3. The third kappa shape index (κ3) is 3.23. The summed E-state index contributed by atoms with van der Waals surface area (Å²) in [5.74, 6) is -0.190. The topological polar surface area (TPSA) is 79.8 Å². The molecule has 32 heavy (non-hydrogen) atoms. The number of aryl methyl sites for hydroxylation is 3. The predicted molar refractivity (Wildman–Crippen MR) is 125 cm³/mol. The summed E-state index contributed by atoms with van der Waals surface area (Å²) in [6, 6.07) is 14.4. The van der Waals surface area contributed by atoms with E-state index in [4.69, 9.17) is 0 Å². The minimum absolute atomic E-state index is 0.160. The minimum atomic E-state index is -0.190. The molecule has 0 aliphatic heterocycles. The number of hydrogen-bond donors (Lipinski definition) is 2. The summed E-state index contributed by atoms with van der Waals surface area (Å²) in [5.41, 5.74) is 7.09. The van der Waals surface area contributed by atoms with Crippen LogP contribution in [-0.2, 0) is 13.0 Å². The molecule has 6 heteroatoms. The maximum absolute atomic E-state index is 13.4. The van der Waals surface area contributed by atoms with E-state index in [-0.39, 0.29) is 24.1 Å². The van der Waals surface area contributed by atoms with Gasteiger partial charge in [-0.15, -0.1) is 0 Å². The highest BCUT2D eigenvalue weighted by molar-refractivity contribution is 6.07. The quantitative estimate of drug-likeness (QED) is 0.515. The van der Waals surface area contributed by atoms with Gasteiger partial charge in [-0.25, -0.2) is 4.98 Å². The van der Waals surface area contributed by atoms with Crippen molar-refractivity contribution < 1.29 is 4.79 Å². The molecule has 4 aromatic rings. The second-order valence-corrected chi connectivity index (χ2v) is 8.58. The van der Waals surface area contributed by atoms with Crippen molar-refractivity contribution in [2.45, 2.75) is 46.2 Å². The minimum Gasteiger partial charge on any atom is -0.348 e. The van der Waals surface area contributed by atoms with Gasteiger partial charge in [-0.3, -0.25) is 9.59 Å². The van der Waals surface area contributed by atoms with Gasteiger partial charge in [0.05, 0.1) is 11.6 Å². The smallest absolute Gasteiger partial charge is 0.254 e. The first-order valence-corrected chi connectivity index (χ1v) is 11.0. The van der Waals surface area contributed by atoms with Crippen molar-refractivity contribution in [3.63, 3.8) is 0 Å². The molecule has 1 aliphatic rings. The Labute approximate surface area is 186 Å². The number of carbonyl (C=O) groups excluding carboxylic acids is 1. The summed E-state index contributed by atoms with van der Waals surface area (Å²) in [7, 11) is 0. The van der Waals surface area contributed by atoms with Crippen molar-refractivity contribution in [1.82, 2.24) is 19.9 Å². The monoisotopic (exact) mass is 426 g/mol. The molecule has 0 saturated heterocycles. The normalized spacial score (nSPS) is 15.2. The first-order valence-electron chi connectivity index (χ1n) is 11.0. The summed E-state index contributed by atoms with van der Waals surface area (Å²) in [5, 5.41) is 3.81. The van der Waals surface area contributed by atoms with Crippen molar-refractivity contribution >= 4 is 16.9 Å². The Bertz CT molecular complexity index is 1410. The number of nitrogens with zero attached hydrogens (tertiary/aromatic N) is 2. The maximum atomic E-state index is 13.4. The predicted octanol–water partition coefficient (Wildman–Crippen LogP) is 4.12. The van der Waals surface area contributed by atoms with Crippen LogP contribution in [0, 0.1) is 20.8 Å². The highest BCUT2D eigenvalue weighted by Gasteiger charge is 2.29. The summed E-state index contributed by atoms with van der Waals surface area (Å²) in [6.07, 6.45) is 3.78. The van der Waals surface area contributed by atoms with Crippen LogP contribution in [0.5, 0.6) is 0 Å². The van der Waals surface area contributed by atoms with Gasteiger partial charge in [0, 0.05) is 35.1 Å². The third-order valence-corrected chi connectivity index (χ3v) is 6.57. The fourth-order valence-electron chi connectivity index (χ4n) is 5.09. The van der Waals surface area contributed by atoms with Crippen LogP contribution in [0.15, 0.2) is 53.5 Å². The van der Waals surface area contributed by atoms with Crippen LogP contribution >= 0.6 is 0 Å². The van der Waals surface area contributed by atoms with E-state index in [1.807, 2.05) is 39.0 Å². The molecule has 3 aromatic heterocycles. The second-order valence-electron chi connectivity index (χ2n) is 8.58. The zero-order valence-corrected chi connectivity index (χ0v) is 18.5. The third-order valence-electron chi connectivity index (χ3n) is 6.57. The van der Waals surface area contributed by atoms with E-state index in [9.17, 15) is 9.59 Å². The van der Waals surface area contributed by atoms with Gasteiger partial charge in [0.25, 0.3) is 11.5 Å². The number of pyridine rings is 2. The largest absolute Gasteiger partial charge is 0.348 e. The molecule has 5 rings (SSSR count). The van der Waals surface area contributed by atoms with Crippen LogP contribution in [0.25, 0.3) is 11.0 Å². The number of amides is 1. The molecule has 1 aliphatic carbocycles. The lowest BCUT2D eigenvalue weighted by Gasteiger charge is -2.17. The average molecular weight is 427 g/mol. The van der Waals surface area contributed by atoms with Crippen LogP contribution in [0.2, 0.25) is 0 Å². The molecule has 0 saturated carbocycles. The number of nitrogens with one attached hydrogen (secondary N) is 2. The van der Waals surface area contributed by atoms with Crippen LogP contribution in [0.4, 0.5) is 0 Å². The number of rotatable bonds is 4. The number of aromatic amines is 1. The van der Waals surface area contributed by atoms with Gasteiger partial charge in [-0.05, 0) is 68.5 Å². The van der Waals surface area contributed by atoms with E-state index < -0.39 is 0 Å². The van der Waals surface area contributed by atoms with Gasteiger partial charge in [0.1, 0.15) is 5.65 Å². The molecule has 2 N–H and O–H groups in total. The lowest BCUT2D eigenvalue weighted by Crippen LogP contribution is -2.28. The van der Waals surface area contributed by atoms with Crippen molar-refractivity contribution in [2.24, 2.45) is 0 Å². The molecule has 0 bridgehead atoms. The number of carbonyl (C=O) groups is 1. The zero-order chi connectivity index (χ0) is 22.4. The lowest BCUT2D eigenvalue weighted by atomic mass is 10.1. The molecule has 162 valence electrons. The first kappa shape index (κ1) is 20.2. The van der Waals surface area contributed by atoms with Gasteiger partial charge in [-0.2, -0.15) is 0 Å². The van der Waals surface area contributed by atoms with Crippen LogP contribution in [-0.4, -0.2) is 20.4 Å². The highest BCUT2D eigenvalue weighted by Crippen LogP contribution is 2.38. The molecule has 0 radical (unpaired) electrons. The van der Waals surface area contributed by atoms with Gasteiger partial charge < -0.3 is 14.9 Å². The number of fused-ring (bicyclic) bond motifs is 2. The first-order chi connectivity index (χ1) is 15.5. The van der Waals surface area contributed by atoms with Crippen molar-refractivity contribution in [3.05, 3.63) is 98.2 Å². The van der Waals surface area contributed by atoms with E-state index in [2.05, 4.69) is 44.1 Å². The Morgan fingerprint density at radius 1 is 1.19 bits per heavy atom. The van der Waals surface area contributed by atoms with E-state index in [1.54, 1.807) is 6.20 Å². The Kier molecular flexibility index (Phi) is 4.93. The molecule has 0 fully saturated rings. The molecule has 1 unspecified atom stereocenters. The molecular formula is C26H26N4O2. The molecule has 0 spiro atoms. The summed E-state index contributed by atoms with van der Waals surface area (Å²) < 4.78 is 2.21. The van der Waals surface area contributed by atoms with Crippen LogP contribution < -0.4 is 10.9 Å². The molecule has 6 nitrogen and oxygen atoms in total. The fourth-order valence-corrected chi connectivity index (χ4v) is 5.09. The standard InChI is InChI=1S/C26H26N4O2/c1-15-13-16(2)29-25(31)21(15)14-28-26(32)23-17(3)30(24-20(23)9-6-12-27-24)22-11-10-18-7-4-5-8-19(18)22/h4-9,12-13,22H,10-11,14H2,1-3H3,(H,28,32)(H,29,31). The second kappa shape index (κ2) is 7.79. The van der Waals surface area contributed by atoms with Gasteiger partial charge >= 0.3 is 0 Å². The summed E-state index contributed by atoms with van der Waals surface area (Å²) >= 11 is 0. The number of hydrogen-bond acceptors (Lipinski definition) is 3. The summed E-state index contributed by atoms with van der Waals surface area (Å²) in [4.78, 5) is 33.2. The zero-order valence-electron chi connectivity index (χ0n) is 18.5. The molecule has 1 aromatic carbocycles. The van der Waals surface area contributed by atoms with Gasteiger partial charge in [-0.1, -0.05) is 24.3 Å². The van der Waals surface area contributed by atoms with Gasteiger partial charge in [0.15, 0.2) is 0 Å². The van der Waals surface area contributed by atoms with Crippen LogP contribution in [0.1, 0.15) is 56.5 Å². The molecule has 1 atom stereocenters. The van der Waals surface area contributed by atoms with E-state index in [0.717, 1.165) is 40.8 Å². The number of benzene rings is 1. The maximum Gasteiger partial charge on any atom is 0.254 e. The Hall–Kier alpha value is -3.67. The van der Waals surface area contributed by atoms with Gasteiger partial charge in [0.2, 0.25) is 0 Å². The fraction of sp³-hybridized carbons (Fsp3) is 0.269. The van der Waals surface area contributed by atoms with E-state index in [1.165, 1.54) is 11.1 Å². The highest BCUT2D eigenvalue weighted by atomic mass is 16.2. The van der Waals surface area contributed by atoms with E-state index >= 15 is 0 Å². The SMILES string of the molecule is Cc1cc(C)c(CNC(=O)c2c(C)n(C3CCc4ccccc43)c3ncccc23)c(=O)[nH]1. The number of H-pyrrole nitrogens is 1. The van der Waals surface area contributed by atoms with Crippen molar-refractivity contribution in [2.75, 3.05) is 0 Å². The Morgan fingerprint density at radius 3 is 2.81 bits per heavy atom. The lowest BCUT2D eigenvalue weighted by molar-refractivity contribution is 0.0951. The van der Waals surface area contributed by atoms with Crippen LogP contribution in [0.3, 0.4) is 0 Å². The average Bonchev–Trinajstić information content (AvgIpc) is 3.30.